The molecule has 2 heterocycles. The Labute approximate surface area is 180 Å². The minimum Gasteiger partial charge on any atom is -0.352 e. The van der Waals surface area contributed by atoms with Crippen molar-refractivity contribution >= 4 is 35.8 Å². The first-order valence-electron chi connectivity index (χ1n) is 9.86. The molecule has 1 amide bonds. The molecule has 0 bridgehead atoms. The summed E-state index contributed by atoms with van der Waals surface area (Å²) in [7, 11) is 1.86. The number of benzene rings is 1. The van der Waals surface area contributed by atoms with Crippen LogP contribution in [0.5, 0.6) is 0 Å². The van der Waals surface area contributed by atoms with Crippen LogP contribution in [0.3, 0.4) is 0 Å². The molecule has 150 valence electrons. The standard InChI is InChI=1S/C21H32N4O.HI/c1-16-11-17(2)14-25(13-16)21(22-3)23-12-18-6-8-19(9-7-18)15-24-10-4-5-20(24)26;/h6-9,16-17H,4-5,10-15H2,1-3H3,(H,22,23);1H. The average molecular weight is 484 g/mol. The number of rotatable bonds is 4. The molecule has 0 radical (unpaired) electrons. The Morgan fingerprint density at radius 3 is 2.33 bits per heavy atom. The molecule has 2 aliphatic rings. The number of carbonyl (C=O) groups excluding carboxylic acids is 1. The van der Waals surface area contributed by atoms with Crippen LogP contribution in [0.25, 0.3) is 0 Å². The van der Waals surface area contributed by atoms with Gasteiger partial charge >= 0.3 is 0 Å². The summed E-state index contributed by atoms with van der Waals surface area (Å²) in [5.41, 5.74) is 2.44. The lowest BCUT2D eigenvalue weighted by Crippen LogP contribution is -2.48. The number of aliphatic imine (C=N–C) groups is 1. The highest BCUT2D eigenvalue weighted by molar-refractivity contribution is 14.0. The predicted octanol–water partition coefficient (Wildman–Crippen LogP) is 3.48. The highest BCUT2D eigenvalue weighted by Gasteiger charge is 2.24. The first-order chi connectivity index (χ1) is 12.5. The molecular formula is C21H33IN4O. The zero-order valence-electron chi connectivity index (χ0n) is 16.8. The molecule has 2 fully saturated rings. The SMILES string of the molecule is CN=C(NCc1ccc(CN2CCCC2=O)cc1)N1CC(C)CC(C)C1.I. The first kappa shape index (κ1) is 22.0. The van der Waals surface area contributed by atoms with Crippen LogP contribution in [0.1, 0.15) is 44.2 Å². The molecule has 2 atom stereocenters. The third kappa shape index (κ3) is 6.09. The van der Waals surface area contributed by atoms with E-state index in [-0.39, 0.29) is 29.9 Å². The lowest BCUT2D eigenvalue weighted by Gasteiger charge is -2.37. The van der Waals surface area contributed by atoms with Crippen molar-refractivity contribution in [3.63, 3.8) is 0 Å². The van der Waals surface area contributed by atoms with Crippen LogP contribution in [0.15, 0.2) is 29.3 Å². The van der Waals surface area contributed by atoms with Crippen molar-refractivity contribution < 1.29 is 4.79 Å². The fourth-order valence-corrected chi connectivity index (χ4v) is 4.20. The Bertz CT molecular complexity index is 636. The number of nitrogens with one attached hydrogen (secondary N) is 1. The van der Waals surface area contributed by atoms with Crippen molar-refractivity contribution in [2.75, 3.05) is 26.7 Å². The van der Waals surface area contributed by atoms with Gasteiger partial charge in [-0.2, -0.15) is 0 Å². The average Bonchev–Trinajstić information content (AvgIpc) is 3.01. The summed E-state index contributed by atoms with van der Waals surface area (Å²) in [5.74, 6) is 2.70. The molecule has 1 aromatic carbocycles. The Kier molecular flexibility index (Phi) is 8.38. The molecule has 6 heteroatoms. The van der Waals surface area contributed by atoms with Crippen LogP contribution in [-0.4, -0.2) is 48.3 Å². The molecule has 2 saturated heterocycles. The number of hydrogen-bond donors (Lipinski definition) is 1. The molecule has 2 aliphatic heterocycles. The van der Waals surface area contributed by atoms with E-state index in [0.29, 0.717) is 18.3 Å². The summed E-state index contributed by atoms with van der Waals surface area (Å²) in [5, 5.41) is 3.51. The van der Waals surface area contributed by atoms with Gasteiger partial charge in [-0.1, -0.05) is 38.1 Å². The summed E-state index contributed by atoms with van der Waals surface area (Å²) in [6.45, 7) is 9.19. The summed E-state index contributed by atoms with van der Waals surface area (Å²) in [6.07, 6.45) is 3.00. The van der Waals surface area contributed by atoms with Crippen LogP contribution in [0.4, 0.5) is 0 Å². The van der Waals surface area contributed by atoms with E-state index in [9.17, 15) is 4.79 Å². The maximum absolute atomic E-state index is 11.8. The molecule has 27 heavy (non-hydrogen) atoms. The van der Waals surface area contributed by atoms with Gasteiger partial charge in [0.2, 0.25) is 5.91 Å². The van der Waals surface area contributed by atoms with Gasteiger partial charge < -0.3 is 15.1 Å². The van der Waals surface area contributed by atoms with Gasteiger partial charge in [0, 0.05) is 46.2 Å². The van der Waals surface area contributed by atoms with Gasteiger partial charge in [-0.15, -0.1) is 24.0 Å². The van der Waals surface area contributed by atoms with E-state index in [1.165, 1.54) is 17.5 Å². The van der Waals surface area contributed by atoms with Gasteiger partial charge in [0.05, 0.1) is 0 Å². The molecule has 0 aromatic heterocycles. The third-order valence-electron chi connectivity index (χ3n) is 5.40. The van der Waals surface area contributed by atoms with Gasteiger partial charge in [0.15, 0.2) is 5.96 Å². The zero-order valence-corrected chi connectivity index (χ0v) is 19.1. The normalized spacial score (nSPS) is 23.4. The molecule has 1 N–H and O–H groups in total. The summed E-state index contributed by atoms with van der Waals surface area (Å²) in [4.78, 5) is 20.6. The maximum atomic E-state index is 11.8. The van der Waals surface area contributed by atoms with E-state index in [0.717, 1.165) is 45.1 Å². The van der Waals surface area contributed by atoms with Crippen LogP contribution in [-0.2, 0) is 17.9 Å². The van der Waals surface area contributed by atoms with Crippen molar-refractivity contribution in [2.24, 2.45) is 16.8 Å². The second kappa shape index (κ2) is 10.3. The molecule has 0 spiro atoms. The number of guanidine groups is 1. The second-order valence-electron chi connectivity index (χ2n) is 7.99. The highest BCUT2D eigenvalue weighted by atomic mass is 127. The highest BCUT2D eigenvalue weighted by Crippen LogP contribution is 2.21. The first-order valence-corrected chi connectivity index (χ1v) is 9.86. The van der Waals surface area contributed by atoms with Gasteiger partial charge in [-0.25, -0.2) is 0 Å². The minimum atomic E-state index is 0. The molecule has 0 aliphatic carbocycles. The van der Waals surface area contributed by atoms with Crippen molar-refractivity contribution in [3.8, 4) is 0 Å². The van der Waals surface area contributed by atoms with Gasteiger partial charge in [0.25, 0.3) is 0 Å². The largest absolute Gasteiger partial charge is 0.352 e. The Balaban J connectivity index is 0.00000261. The zero-order chi connectivity index (χ0) is 18.5. The Morgan fingerprint density at radius 1 is 1.15 bits per heavy atom. The Morgan fingerprint density at radius 2 is 1.78 bits per heavy atom. The molecule has 2 unspecified atom stereocenters. The number of amides is 1. The van der Waals surface area contributed by atoms with E-state index < -0.39 is 0 Å². The second-order valence-corrected chi connectivity index (χ2v) is 7.99. The Hall–Kier alpha value is -1.31. The molecule has 0 saturated carbocycles. The van der Waals surface area contributed by atoms with Gasteiger partial charge in [-0.05, 0) is 35.8 Å². The van der Waals surface area contributed by atoms with Crippen molar-refractivity contribution in [2.45, 2.75) is 46.2 Å². The number of piperidine rings is 1. The molecule has 5 nitrogen and oxygen atoms in total. The van der Waals surface area contributed by atoms with Crippen LogP contribution < -0.4 is 5.32 Å². The number of likely N-dealkylation sites (tertiary alicyclic amines) is 2. The monoisotopic (exact) mass is 484 g/mol. The molecular weight excluding hydrogens is 451 g/mol. The number of carbonyl (C=O) groups is 1. The minimum absolute atomic E-state index is 0. The quantitative estimate of drug-likeness (QED) is 0.405. The summed E-state index contributed by atoms with van der Waals surface area (Å²) in [6, 6.07) is 8.57. The summed E-state index contributed by atoms with van der Waals surface area (Å²) >= 11 is 0. The van der Waals surface area contributed by atoms with E-state index >= 15 is 0 Å². The van der Waals surface area contributed by atoms with E-state index in [1.807, 2.05) is 11.9 Å². The molecule has 3 rings (SSSR count). The maximum Gasteiger partial charge on any atom is 0.222 e. The lowest BCUT2D eigenvalue weighted by molar-refractivity contribution is -0.128. The van der Waals surface area contributed by atoms with E-state index in [4.69, 9.17) is 0 Å². The van der Waals surface area contributed by atoms with Crippen molar-refractivity contribution in [1.29, 1.82) is 0 Å². The smallest absolute Gasteiger partial charge is 0.222 e. The number of hydrogen-bond acceptors (Lipinski definition) is 2. The van der Waals surface area contributed by atoms with Crippen LogP contribution in [0, 0.1) is 11.8 Å². The molecule has 1 aromatic rings. The lowest BCUT2D eigenvalue weighted by atomic mass is 9.92. The van der Waals surface area contributed by atoms with Crippen LogP contribution in [0.2, 0.25) is 0 Å². The number of halogens is 1. The topological polar surface area (TPSA) is 47.9 Å². The van der Waals surface area contributed by atoms with E-state index in [2.05, 4.69) is 53.3 Å². The van der Waals surface area contributed by atoms with E-state index in [1.54, 1.807) is 0 Å². The van der Waals surface area contributed by atoms with Gasteiger partial charge in [-0.3, -0.25) is 9.79 Å². The fraction of sp³-hybridized carbons (Fsp3) is 0.619. The van der Waals surface area contributed by atoms with Gasteiger partial charge in [0.1, 0.15) is 0 Å². The van der Waals surface area contributed by atoms with Crippen LogP contribution >= 0.6 is 24.0 Å². The number of nitrogens with zero attached hydrogens (tertiary/aromatic N) is 3. The fourth-order valence-electron chi connectivity index (χ4n) is 4.20. The predicted molar refractivity (Wildman–Crippen MR) is 121 cm³/mol. The third-order valence-corrected chi connectivity index (χ3v) is 5.40. The van der Waals surface area contributed by atoms with Crippen molar-refractivity contribution in [1.82, 2.24) is 15.1 Å². The van der Waals surface area contributed by atoms with Crippen molar-refractivity contribution in [3.05, 3.63) is 35.4 Å². The summed E-state index contributed by atoms with van der Waals surface area (Å²) < 4.78 is 0.